The van der Waals surface area contributed by atoms with Crippen molar-refractivity contribution in [3.8, 4) is 11.4 Å². The van der Waals surface area contributed by atoms with Crippen LogP contribution in [0.5, 0.6) is 0 Å². The van der Waals surface area contributed by atoms with E-state index in [1.165, 1.54) is 16.9 Å². The first kappa shape index (κ1) is 16.4. The van der Waals surface area contributed by atoms with Gasteiger partial charge in [-0.2, -0.15) is 4.80 Å². The van der Waals surface area contributed by atoms with E-state index in [0.717, 1.165) is 42.1 Å². The Kier molecular flexibility index (Phi) is 4.65. The number of tetrazole rings is 1. The van der Waals surface area contributed by atoms with E-state index in [4.69, 9.17) is 0 Å². The summed E-state index contributed by atoms with van der Waals surface area (Å²) >= 11 is 3.50. The number of rotatable bonds is 5. The minimum atomic E-state index is 0.0618. The highest BCUT2D eigenvalue weighted by atomic mass is 79.9. The van der Waals surface area contributed by atoms with Crippen LogP contribution in [-0.4, -0.2) is 37.1 Å². The molecule has 7 heteroatoms. The van der Waals surface area contributed by atoms with Crippen molar-refractivity contribution in [2.24, 2.45) is 0 Å². The van der Waals surface area contributed by atoms with Crippen LogP contribution in [0.15, 0.2) is 40.5 Å². The highest BCUT2D eigenvalue weighted by Gasteiger charge is 2.35. The zero-order valence-corrected chi connectivity index (χ0v) is 15.5. The maximum atomic E-state index is 12.9. The number of benzene rings is 1. The third kappa shape index (κ3) is 3.66. The quantitative estimate of drug-likeness (QED) is 0.768. The molecule has 0 saturated heterocycles. The maximum absolute atomic E-state index is 12.9. The summed E-state index contributed by atoms with van der Waals surface area (Å²) in [7, 11) is 0. The fraction of sp³-hybridized carbons (Fsp3) is 0.444. The first-order valence-corrected chi connectivity index (χ1v) is 9.55. The molecule has 1 aromatic carbocycles. The van der Waals surface area contributed by atoms with Gasteiger partial charge in [-0.25, -0.2) is 0 Å². The van der Waals surface area contributed by atoms with Gasteiger partial charge in [-0.1, -0.05) is 34.1 Å². The fourth-order valence-electron chi connectivity index (χ4n) is 3.23. The average molecular weight is 402 g/mol. The smallest absolute Gasteiger partial charge is 0.250 e. The number of halogens is 1. The Morgan fingerprint density at radius 1 is 1.28 bits per heavy atom. The molecule has 25 heavy (non-hydrogen) atoms. The van der Waals surface area contributed by atoms with Crippen molar-refractivity contribution in [3.63, 3.8) is 0 Å². The lowest BCUT2D eigenvalue weighted by atomic mass is 10.0. The molecule has 0 aliphatic heterocycles. The molecule has 2 aromatic rings. The SMILES string of the molecule is O=C(Cn1nnc(-c2ccccc2Br)n1)N(C1=CCCCC1)C1CC1. The Morgan fingerprint density at radius 3 is 2.84 bits per heavy atom. The van der Waals surface area contributed by atoms with Crippen LogP contribution in [0.4, 0.5) is 0 Å². The van der Waals surface area contributed by atoms with Gasteiger partial charge in [-0.3, -0.25) is 4.79 Å². The van der Waals surface area contributed by atoms with E-state index in [1.807, 2.05) is 29.2 Å². The third-order valence-corrected chi connectivity index (χ3v) is 5.29. The molecule has 0 atom stereocenters. The number of allylic oxidation sites excluding steroid dienone is 2. The summed E-state index contributed by atoms with van der Waals surface area (Å²) in [5.41, 5.74) is 2.06. The second-order valence-electron chi connectivity index (χ2n) is 6.56. The molecule has 0 N–H and O–H groups in total. The Morgan fingerprint density at radius 2 is 2.12 bits per heavy atom. The average Bonchev–Trinajstić information content (AvgIpc) is 3.35. The lowest BCUT2D eigenvalue weighted by Gasteiger charge is -2.27. The number of aromatic nitrogens is 4. The number of nitrogens with zero attached hydrogens (tertiary/aromatic N) is 5. The van der Waals surface area contributed by atoms with Crippen LogP contribution in [0.25, 0.3) is 11.4 Å². The highest BCUT2D eigenvalue weighted by molar-refractivity contribution is 9.10. The molecule has 2 aliphatic rings. The highest BCUT2D eigenvalue weighted by Crippen LogP contribution is 2.34. The molecule has 0 unspecified atom stereocenters. The van der Waals surface area contributed by atoms with Crippen molar-refractivity contribution in [2.45, 2.75) is 51.1 Å². The van der Waals surface area contributed by atoms with E-state index in [-0.39, 0.29) is 12.5 Å². The first-order valence-electron chi connectivity index (χ1n) is 8.76. The molecular weight excluding hydrogens is 382 g/mol. The molecule has 1 heterocycles. The Labute approximate surface area is 155 Å². The van der Waals surface area contributed by atoms with Gasteiger partial charge in [0.05, 0.1) is 0 Å². The summed E-state index contributed by atoms with van der Waals surface area (Å²) in [5, 5.41) is 12.6. The maximum Gasteiger partial charge on any atom is 0.250 e. The predicted molar refractivity (Wildman–Crippen MR) is 97.4 cm³/mol. The van der Waals surface area contributed by atoms with Gasteiger partial charge in [0, 0.05) is 21.8 Å². The van der Waals surface area contributed by atoms with Crippen LogP contribution < -0.4 is 0 Å². The van der Waals surface area contributed by atoms with Crippen LogP contribution >= 0.6 is 15.9 Å². The summed E-state index contributed by atoms with van der Waals surface area (Å²) in [6.45, 7) is 0.130. The van der Waals surface area contributed by atoms with Crippen molar-refractivity contribution < 1.29 is 4.79 Å². The molecule has 1 saturated carbocycles. The van der Waals surface area contributed by atoms with E-state index in [1.54, 1.807) is 0 Å². The molecule has 0 radical (unpaired) electrons. The van der Waals surface area contributed by atoms with Crippen LogP contribution in [0.2, 0.25) is 0 Å². The second-order valence-corrected chi connectivity index (χ2v) is 7.41. The number of carbonyl (C=O) groups excluding carboxylic acids is 1. The van der Waals surface area contributed by atoms with Crippen molar-refractivity contribution in [3.05, 3.63) is 40.5 Å². The van der Waals surface area contributed by atoms with E-state index < -0.39 is 0 Å². The van der Waals surface area contributed by atoms with E-state index >= 15 is 0 Å². The Balaban J connectivity index is 1.51. The summed E-state index contributed by atoms with van der Waals surface area (Å²) in [5.74, 6) is 0.585. The molecule has 1 aromatic heterocycles. The molecule has 130 valence electrons. The van der Waals surface area contributed by atoms with Crippen molar-refractivity contribution in [2.75, 3.05) is 0 Å². The molecule has 0 bridgehead atoms. The minimum absolute atomic E-state index is 0.0618. The first-order chi connectivity index (χ1) is 12.2. The van der Waals surface area contributed by atoms with Gasteiger partial charge in [0.15, 0.2) is 0 Å². The van der Waals surface area contributed by atoms with Gasteiger partial charge in [0.25, 0.3) is 5.91 Å². The predicted octanol–water partition coefficient (Wildman–Crippen LogP) is 3.55. The van der Waals surface area contributed by atoms with E-state index in [9.17, 15) is 4.79 Å². The lowest BCUT2D eigenvalue weighted by molar-refractivity contribution is -0.131. The minimum Gasteiger partial charge on any atom is -0.312 e. The summed E-state index contributed by atoms with van der Waals surface area (Å²) in [4.78, 5) is 16.2. The molecule has 0 spiro atoms. The summed E-state index contributed by atoms with van der Waals surface area (Å²) in [6, 6.07) is 8.09. The van der Waals surface area contributed by atoms with Crippen LogP contribution in [0.1, 0.15) is 38.5 Å². The van der Waals surface area contributed by atoms with E-state index in [2.05, 4.69) is 37.4 Å². The molecule has 6 nitrogen and oxygen atoms in total. The van der Waals surface area contributed by atoms with E-state index in [0.29, 0.717) is 11.9 Å². The monoisotopic (exact) mass is 401 g/mol. The van der Waals surface area contributed by atoms with Crippen LogP contribution in [0, 0.1) is 0 Å². The Bertz CT molecular complexity index is 811. The van der Waals surface area contributed by atoms with Crippen molar-refractivity contribution >= 4 is 21.8 Å². The van der Waals surface area contributed by atoms with Gasteiger partial charge < -0.3 is 4.90 Å². The number of hydrogen-bond donors (Lipinski definition) is 0. The van der Waals surface area contributed by atoms with Gasteiger partial charge in [-0.05, 0) is 55.9 Å². The standard InChI is InChI=1S/C18H20BrN5O/c19-16-9-5-4-8-15(16)18-20-22-23(21-18)12-17(25)24(14-10-11-14)13-6-2-1-3-7-13/h4-6,8-9,14H,1-3,7,10-12H2. The van der Waals surface area contributed by atoms with Crippen molar-refractivity contribution in [1.29, 1.82) is 0 Å². The molecular formula is C18H20BrN5O. The lowest BCUT2D eigenvalue weighted by Crippen LogP contribution is -2.36. The largest absolute Gasteiger partial charge is 0.312 e. The molecule has 1 amide bonds. The van der Waals surface area contributed by atoms with Crippen molar-refractivity contribution in [1.82, 2.24) is 25.1 Å². The Hall–Kier alpha value is -2.02. The van der Waals surface area contributed by atoms with Crippen LogP contribution in [0.3, 0.4) is 0 Å². The number of hydrogen-bond acceptors (Lipinski definition) is 4. The normalized spacial score (nSPS) is 17.2. The zero-order valence-electron chi connectivity index (χ0n) is 13.9. The molecule has 2 aliphatic carbocycles. The van der Waals surface area contributed by atoms with Crippen LogP contribution in [-0.2, 0) is 11.3 Å². The summed E-state index contributed by atoms with van der Waals surface area (Å²) in [6.07, 6.45) is 8.86. The van der Waals surface area contributed by atoms with Gasteiger partial charge in [0.1, 0.15) is 6.54 Å². The number of amides is 1. The third-order valence-electron chi connectivity index (χ3n) is 4.60. The topological polar surface area (TPSA) is 63.9 Å². The van der Waals surface area contributed by atoms with Gasteiger partial charge in [-0.15, -0.1) is 10.2 Å². The fourth-order valence-corrected chi connectivity index (χ4v) is 3.69. The zero-order chi connectivity index (χ0) is 17.2. The van der Waals surface area contributed by atoms with Gasteiger partial charge >= 0.3 is 0 Å². The second kappa shape index (κ2) is 7.07. The molecule has 1 fully saturated rings. The van der Waals surface area contributed by atoms with Gasteiger partial charge in [0.2, 0.25) is 5.82 Å². The molecule has 4 rings (SSSR count). The summed E-state index contributed by atoms with van der Waals surface area (Å²) < 4.78 is 0.910. The number of carbonyl (C=O) groups is 1.